The summed E-state index contributed by atoms with van der Waals surface area (Å²) in [5.74, 6) is -0.392. The Kier molecular flexibility index (Phi) is 3.39. The SMILES string of the molecule is O=C(O)Cn1nnnc1CCc1cccnc1. The Bertz CT molecular complexity index is 496. The summed E-state index contributed by atoms with van der Waals surface area (Å²) in [6.07, 6.45) is 4.79. The summed E-state index contributed by atoms with van der Waals surface area (Å²) in [6.45, 7) is -0.213. The van der Waals surface area contributed by atoms with E-state index in [-0.39, 0.29) is 6.54 Å². The predicted octanol–water partition coefficient (Wildman–Crippen LogP) is -0.0621. The van der Waals surface area contributed by atoms with Crippen molar-refractivity contribution in [3.8, 4) is 0 Å². The maximum atomic E-state index is 10.6. The summed E-state index contributed by atoms with van der Waals surface area (Å²) >= 11 is 0. The molecule has 2 rings (SSSR count). The van der Waals surface area contributed by atoms with Gasteiger partial charge >= 0.3 is 5.97 Å². The Labute approximate surface area is 97.1 Å². The molecule has 0 atom stereocenters. The van der Waals surface area contributed by atoms with Crippen LogP contribution in [0, 0.1) is 0 Å². The van der Waals surface area contributed by atoms with E-state index in [4.69, 9.17) is 5.11 Å². The van der Waals surface area contributed by atoms with Crippen LogP contribution in [0.5, 0.6) is 0 Å². The Morgan fingerprint density at radius 2 is 2.29 bits per heavy atom. The lowest BCUT2D eigenvalue weighted by atomic mass is 10.1. The first-order valence-electron chi connectivity index (χ1n) is 5.11. The number of pyridine rings is 1. The maximum Gasteiger partial charge on any atom is 0.325 e. The van der Waals surface area contributed by atoms with E-state index in [1.807, 2.05) is 12.1 Å². The fourth-order valence-electron chi connectivity index (χ4n) is 1.46. The first-order valence-corrected chi connectivity index (χ1v) is 5.11. The van der Waals surface area contributed by atoms with Gasteiger partial charge in [0.2, 0.25) is 0 Å². The summed E-state index contributed by atoms with van der Waals surface area (Å²) in [6, 6.07) is 3.81. The zero-order chi connectivity index (χ0) is 12.1. The van der Waals surface area contributed by atoms with Gasteiger partial charge in [-0.1, -0.05) is 6.07 Å². The number of hydrogen-bond acceptors (Lipinski definition) is 5. The Hall–Kier alpha value is -2.31. The Morgan fingerprint density at radius 1 is 1.41 bits per heavy atom. The van der Waals surface area contributed by atoms with Crippen molar-refractivity contribution in [2.45, 2.75) is 19.4 Å². The highest BCUT2D eigenvalue weighted by Gasteiger charge is 2.09. The first-order chi connectivity index (χ1) is 8.25. The maximum absolute atomic E-state index is 10.6. The van der Waals surface area contributed by atoms with E-state index in [0.29, 0.717) is 12.2 Å². The van der Waals surface area contributed by atoms with Gasteiger partial charge in [-0.05, 0) is 28.5 Å². The average molecular weight is 233 g/mol. The van der Waals surface area contributed by atoms with Gasteiger partial charge in [0.1, 0.15) is 6.54 Å². The monoisotopic (exact) mass is 233 g/mol. The number of carboxylic acids is 1. The molecule has 0 radical (unpaired) electrons. The molecule has 0 fully saturated rings. The Balaban J connectivity index is 2.00. The zero-order valence-electron chi connectivity index (χ0n) is 9.02. The third-order valence-electron chi connectivity index (χ3n) is 2.25. The molecule has 0 aromatic carbocycles. The van der Waals surface area contributed by atoms with Gasteiger partial charge in [-0.25, -0.2) is 4.68 Å². The first kappa shape index (κ1) is 11.2. The molecule has 2 aromatic rings. The molecule has 0 saturated heterocycles. The molecule has 2 aromatic heterocycles. The molecule has 0 bridgehead atoms. The molecule has 7 heteroatoms. The van der Waals surface area contributed by atoms with E-state index >= 15 is 0 Å². The molecule has 1 N–H and O–H groups in total. The van der Waals surface area contributed by atoms with Gasteiger partial charge in [-0.15, -0.1) is 5.10 Å². The minimum absolute atomic E-state index is 0.213. The number of rotatable bonds is 5. The minimum atomic E-state index is -0.958. The van der Waals surface area contributed by atoms with Crippen molar-refractivity contribution in [2.24, 2.45) is 0 Å². The van der Waals surface area contributed by atoms with Crippen LogP contribution in [-0.4, -0.2) is 36.3 Å². The Morgan fingerprint density at radius 3 is 3.00 bits per heavy atom. The third-order valence-corrected chi connectivity index (χ3v) is 2.25. The summed E-state index contributed by atoms with van der Waals surface area (Å²) < 4.78 is 1.29. The molecular weight excluding hydrogens is 222 g/mol. The van der Waals surface area contributed by atoms with Crippen LogP contribution in [0.4, 0.5) is 0 Å². The van der Waals surface area contributed by atoms with Crippen molar-refractivity contribution in [2.75, 3.05) is 0 Å². The number of aryl methyl sites for hydroxylation is 2. The number of carbonyl (C=O) groups is 1. The average Bonchev–Trinajstić information content (AvgIpc) is 2.74. The molecule has 7 nitrogen and oxygen atoms in total. The summed E-state index contributed by atoms with van der Waals surface area (Å²) in [4.78, 5) is 14.6. The van der Waals surface area contributed by atoms with Gasteiger partial charge in [0.25, 0.3) is 0 Å². The van der Waals surface area contributed by atoms with Gasteiger partial charge in [0.15, 0.2) is 5.82 Å². The molecule has 0 unspecified atom stereocenters. The fourth-order valence-corrected chi connectivity index (χ4v) is 1.46. The van der Waals surface area contributed by atoms with Crippen LogP contribution in [0.1, 0.15) is 11.4 Å². The highest BCUT2D eigenvalue weighted by molar-refractivity contribution is 5.66. The largest absolute Gasteiger partial charge is 0.480 e. The van der Waals surface area contributed by atoms with Crippen molar-refractivity contribution in [1.29, 1.82) is 0 Å². The summed E-state index contributed by atoms with van der Waals surface area (Å²) in [5, 5.41) is 19.6. The number of hydrogen-bond donors (Lipinski definition) is 1. The molecular formula is C10H11N5O2. The van der Waals surface area contributed by atoms with Crippen LogP contribution in [0.3, 0.4) is 0 Å². The van der Waals surface area contributed by atoms with Crippen molar-refractivity contribution in [1.82, 2.24) is 25.2 Å². The smallest absolute Gasteiger partial charge is 0.325 e. The van der Waals surface area contributed by atoms with E-state index in [1.165, 1.54) is 4.68 Å². The molecule has 0 spiro atoms. The van der Waals surface area contributed by atoms with Crippen LogP contribution in [0.15, 0.2) is 24.5 Å². The van der Waals surface area contributed by atoms with E-state index in [0.717, 1.165) is 12.0 Å². The van der Waals surface area contributed by atoms with Crippen LogP contribution in [-0.2, 0) is 24.2 Å². The number of aromatic nitrogens is 5. The number of aliphatic carboxylic acids is 1. The van der Waals surface area contributed by atoms with Crippen LogP contribution < -0.4 is 0 Å². The molecule has 0 aliphatic heterocycles. The minimum Gasteiger partial charge on any atom is -0.480 e. The van der Waals surface area contributed by atoms with Gasteiger partial charge in [0.05, 0.1) is 0 Å². The zero-order valence-corrected chi connectivity index (χ0v) is 9.02. The van der Waals surface area contributed by atoms with Gasteiger partial charge in [-0.2, -0.15) is 0 Å². The van der Waals surface area contributed by atoms with Crippen LogP contribution in [0.25, 0.3) is 0 Å². The van der Waals surface area contributed by atoms with Crippen molar-refractivity contribution < 1.29 is 9.90 Å². The molecule has 0 aliphatic rings. The van der Waals surface area contributed by atoms with Crippen molar-refractivity contribution >= 4 is 5.97 Å². The van der Waals surface area contributed by atoms with E-state index in [9.17, 15) is 4.79 Å². The highest BCUT2D eigenvalue weighted by atomic mass is 16.4. The van der Waals surface area contributed by atoms with Gasteiger partial charge < -0.3 is 5.11 Å². The predicted molar refractivity (Wildman–Crippen MR) is 57.1 cm³/mol. The molecule has 0 aliphatic carbocycles. The van der Waals surface area contributed by atoms with Crippen LogP contribution >= 0.6 is 0 Å². The lowest BCUT2D eigenvalue weighted by molar-refractivity contribution is -0.138. The van der Waals surface area contributed by atoms with Gasteiger partial charge in [-0.3, -0.25) is 9.78 Å². The van der Waals surface area contributed by atoms with Gasteiger partial charge in [0, 0.05) is 18.8 Å². The lowest BCUT2D eigenvalue weighted by Gasteiger charge is -2.01. The lowest BCUT2D eigenvalue weighted by Crippen LogP contribution is -2.14. The van der Waals surface area contributed by atoms with E-state index in [1.54, 1.807) is 12.4 Å². The molecule has 88 valence electrons. The second-order valence-corrected chi connectivity index (χ2v) is 3.51. The second-order valence-electron chi connectivity index (χ2n) is 3.51. The number of nitrogens with zero attached hydrogens (tertiary/aromatic N) is 5. The standard InChI is InChI=1S/C10H11N5O2/c16-10(17)7-15-9(12-13-14-15)4-3-8-2-1-5-11-6-8/h1-2,5-6H,3-4,7H2,(H,16,17). The fraction of sp³-hybridized carbons (Fsp3) is 0.300. The topological polar surface area (TPSA) is 93.8 Å². The van der Waals surface area contributed by atoms with E-state index in [2.05, 4.69) is 20.5 Å². The normalized spacial score (nSPS) is 10.4. The number of carboxylic acid groups (broad SMARTS) is 1. The summed E-state index contributed by atoms with van der Waals surface area (Å²) in [5.41, 5.74) is 1.07. The molecule has 0 saturated carbocycles. The van der Waals surface area contributed by atoms with Crippen LogP contribution in [0.2, 0.25) is 0 Å². The molecule has 0 amide bonds. The molecule has 17 heavy (non-hydrogen) atoms. The second kappa shape index (κ2) is 5.15. The van der Waals surface area contributed by atoms with Crippen molar-refractivity contribution in [3.63, 3.8) is 0 Å². The number of tetrazole rings is 1. The summed E-state index contributed by atoms with van der Waals surface area (Å²) in [7, 11) is 0. The molecule has 2 heterocycles. The highest BCUT2D eigenvalue weighted by Crippen LogP contribution is 2.02. The quantitative estimate of drug-likeness (QED) is 0.777. The van der Waals surface area contributed by atoms with Crippen molar-refractivity contribution in [3.05, 3.63) is 35.9 Å². The third kappa shape index (κ3) is 3.07. The van der Waals surface area contributed by atoms with E-state index < -0.39 is 5.97 Å².